The number of aromatic nitrogens is 1. The minimum Gasteiger partial charge on any atom is -0.508 e. The lowest BCUT2D eigenvalue weighted by atomic mass is 9.96. The number of aromatic amines is 1. The number of cyclic esters (lactones) is 1. The second kappa shape index (κ2) is 14.5. The summed E-state index contributed by atoms with van der Waals surface area (Å²) in [7, 11) is 1.55. The number of hydrogen-bond acceptors (Lipinski definition) is 6. The van der Waals surface area contributed by atoms with Crippen molar-refractivity contribution in [2.45, 2.75) is 78.1 Å². The fourth-order valence-corrected chi connectivity index (χ4v) is 5.77. The number of likely N-dealkylation sites (N-methyl/N-ethyl adjacent to an activating group) is 1. The molecule has 240 valence electrons. The van der Waals surface area contributed by atoms with Crippen LogP contribution in [-0.2, 0) is 30.3 Å². The van der Waals surface area contributed by atoms with Gasteiger partial charge in [0, 0.05) is 42.4 Å². The third-order valence-electron chi connectivity index (χ3n) is 8.60. The van der Waals surface area contributed by atoms with Gasteiger partial charge in [0.25, 0.3) is 0 Å². The van der Waals surface area contributed by atoms with E-state index in [1.54, 1.807) is 33.0 Å². The summed E-state index contributed by atoms with van der Waals surface area (Å²) in [6.45, 7) is 9.10. The fourth-order valence-electron chi connectivity index (χ4n) is 5.77. The highest BCUT2D eigenvalue weighted by Crippen LogP contribution is 2.25. The third-order valence-corrected chi connectivity index (χ3v) is 8.60. The maximum absolute atomic E-state index is 14.1. The zero-order valence-electron chi connectivity index (χ0n) is 26.8. The number of phenolic OH excluding ortho intramolecular Hbond substituents is 1. The molecule has 4 N–H and O–H groups in total. The largest absolute Gasteiger partial charge is 0.508 e. The van der Waals surface area contributed by atoms with Crippen molar-refractivity contribution in [3.63, 3.8) is 0 Å². The molecule has 0 bridgehead atoms. The molecule has 10 nitrogen and oxygen atoms in total. The third kappa shape index (κ3) is 8.32. The Hall–Kier alpha value is -4.60. The number of esters is 1. The van der Waals surface area contributed by atoms with Gasteiger partial charge in [-0.1, -0.05) is 55.8 Å². The molecule has 10 heteroatoms. The Balaban J connectivity index is 1.73. The van der Waals surface area contributed by atoms with Crippen LogP contribution in [0.1, 0.15) is 64.6 Å². The van der Waals surface area contributed by atoms with E-state index in [1.807, 2.05) is 57.3 Å². The van der Waals surface area contributed by atoms with Gasteiger partial charge in [0.2, 0.25) is 17.7 Å². The van der Waals surface area contributed by atoms with E-state index < -0.39 is 47.9 Å². The maximum Gasteiger partial charge on any atom is 0.308 e. The van der Waals surface area contributed by atoms with Crippen LogP contribution in [0.15, 0.2) is 66.4 Å². The smallest absolute Gasteiger partial charge is 0.308 e. The molecule has 0 saturated heterocycles. The number of aromatic hydroxyl groups is 1. The number of allylic oxidation sites excluding steroid dienone is 1. The number of fused-ring (bicyclic) bond motifs is 1. The van der Waals surface area contributed by atoms with E-state index in [0.717, 1.165) is 22.0 Å². The molecule has 3 amide bonds. The summed E-state index contributed by atoms with van der Waals surface area (Å²) in [4.78, 5) is 58.8. The predicted octanol–water partition coefficient (Wildman–Crippen LogP) is 4.55. The monoisotopic (exact) mass is 616 g/mol. The van der Waals surface area contributed by atoms with Crippen molar-refractivity contribution in [2.24, 2.45) is 11.8 Å². The summed E-state index contributed by atoms with van der Waals surface area (Å²) in [5, 5.41) is 16.6. The van der Waals surface area contributed by atoms with Gasteiger partial charge in [0.05, 0.1) is 12.5 Å². The number of H-pyrrole nitrogens is 1. The van der Waals surface area contributed by atoms with Crippen LogP contribution in [0.25, 0.3) is 10.9 Å². The van der Waals surface area contributed by atoms with Crippen molar-refractivity contribution in [2.75, 3.05) is 7.05 Å². The van der Waals surface area contributed by atoms with Crippen LogP contribution in [0.4, 0.5) is 0 Å². The Labute approximate surface area is 264 Å². The molecule has 1 aliphatic heterocycles. The Morgan fingerprint density at radius 3 is 2.31 bits per heavy atom. The SMILES string of the molecule is C/C1=C\[C@@H](C)[C@H](C)OC(=O)C[C@H](c2ccc(O)cc2)NC(=O)[C@@H](Cc2c[nH]c3ccccc23)N(C)C(=O)[C@H](C)NC(=O)[C@H](C)C1. The summed E-state index contributed by atoms with van der Waals surface area (Å²) in [6, 6.07) is 11.3. The molecule has 0 spiro atoms. The second-order valence-electron chi connectivity index (χ2n) is 12.3. The van der Waals surface area contributed by atoms with Crippen molar-refractivity contribution in [3.05, 3.63) is 77.5 Å². The van der Waals surface area contributed by atoms with Gasteiger partial charge in [0.15, 0.2) is 0 Å². The van der Waals surface area contributed by atoms with Crippen molar-refractivity contribution in [3.8, 4) is 5.75 Å². The molecule has 0 aliphatic carbocycles. The lowest BCUT2D eigenvalue weighted by molar-refractivity contribution is -0.150. The minimum absolute atomic E-state index is 0.0466. The molecule has 2 heterocycles. The normalized spacial score (nSPS) is 27.5. The molecule has 3 aromatic rings. The Kier molecular flexibility index (Phi) is 10.7. The van der Waals surface area contributed by atoms with E-state index >= 15 is 0 Å². The minimum atomic E-state index is -0.980. The lowest BCUT2D eigenvalue weighted by Gasteiger charge is -2.32. The van der Waals surface area contributed by atoms with Crippen LogP contribution in [0.5, 0.6) is 5.75 Å². The molecular weight excluding hydrogens is 572 g/mol. The maximum atomic E-state index is 14.1. The number of phenols is 1. The summed E-state index contributed by atoms with van der Waals surface area (Å²) in [5.41, 5.74) is 3.30. The van der Waals surface area contributed by atoms with E-state index in [0.29, 0.717) is 12.0 Å². The average molecular weight is 617 g/mol. The van der Waals surface area contributed by atoms with Gasteiger partial charge in [-0.2, -0.15) is 0 Å². The first kappa shape index (κ1) is 33.3. The van der Waals surface area contributed by atoms with Gasteiger partial charge in [-0.05, 0) is 56.5 Å². The van der Waals surface area contributed by atoms with Crippen LogP contribution in [0.2, 0.25) is 0 Å². The molecule has 45 heavy (non-hydrogen) atoms. The predicted molar refractivity (Wildman–Crippen MR) is 172 cm³/mol. The molecule has 0 fully saturated rings. The molecule has 6 atom stereocenters. The molecule has 4 rings (SSSR count). The number of hydrogen-bond donors (Lipinski definition) is 4. The number of rotatable bonds is 3. The van der Waals surface area contributed by atoms with E-state index in [-0.39, 0.29) is 30.4 Å². The molecular formula is C35H44N4O6. The van der Waals surface area contributed by atoms with Gasteiger partial charge in [-0.25, -0.2) is 0 Å². The van der Waals surface area contributed by atoms with Crippen molar-refractivity contribution >= 4 is 34.6 Å². The Bertz CT molecular complexity index is 1560. The van der Waals surface area contributed by atoms with Crippen molar-refractivity contribution < 1.29 is 29.0 Å². The average Bonchev–Trinajstić information content (AvgIpc) is 3.41. The van der Waals surface area contributed by atoms with Gasteiger partial charge in [-0.3, -0.25) is 19.2 Å². The van der Waals surface area contributed by atoms with Crippen LogP contribution in [0.3, 0.4) is 0 Å². The van der Waals surface area contributed by atoms with Crippen LogP contribution < -0.4 is 10.6 Å². The highest BCUT2D eigenvalue weighted by atomic mass is 16.5. The zero-order chi connectivity index (χ0) is 32.8. The zero-order valence-corrected chi connectivity index (χ0v) is 26.8. The molecule has 1 aliphatic rings. The molecule has 1 aromatic heterocycles. The number of carbonyl (C=O) groups excluding carboxylic acids is 4. The van der Waals surface area contributed by atoms with Gasteiger partial charge in [0.1, 0.15) is 23.9 Å². The van der Waals surface area contributed by atoms with E-state index in [9.17, 15) is 24.3 Å². The van der Waals surface area contributed by atoms with Crippen molar-refractivity contribution in [1.29, 1.82) is 0 Å². The highest BCUT2D eigenvalue weighted by molar-refractivity contribution is 5.93. The van der Waals surface area contributed by atoms with Crippen LogP contribution in [0, 0.1) is 11.8 Å². The molecule has 0 radical (unpaired) electrons. The number of ether oxygens (including phenoxy) is 1. The van der Waals surface area contributed by atoms with E-state index in [1.165, 1.54) is 17.0 Å². The second-order valence-corrected chi connectivity index (χ2v) is 12.3. The molecule has 0 unspecified atom stereocenters. The van der Waals surface area contributed by atoms with Crippen molar-refractivity contribution in [1.82, 2.24) is 20.5 Å². The molecule has 0 saturated carbocycles. The summed E-state index contributed by atoms with van der Waals surface area (Å²) in [6.07, 6.45) is 3.86. The number of para-hydroxylation sites is 1. The number of amides is 3. The van der Waals surface area contributed by atoms with E-state index in [4.69, 9.17) is 4.74 Å². The topological polar surface area (TPSA) is 141 Å². The fraction of sp³-hybridized carbons (Fsp3) is 0.429. The van der Waals surface area contributed by atoms with Gasteiger partial charge in [-0.15, -0.1) is 0 Å². The summed E-state index contributed by atoms with van der Waals surface area (Å²) in [5.74, 6) is -2.15. The summed E-state index contributed by atoms with van der Waals surface area (Å²) < 4.78 is 5.80. The quantitative estimate of drug-likeness (QED) is 0.251. The first-order valence-corrected chi connectivity index (χ1v) is 15.4. The summed E-state index contributed by atoms with van der Waals surface area (Å²) >= 11 is 0. The Morgan fingerprint density at radius 2 is 1.60 bits per heavy atom. The lowest BCUT2D eigenvalue weighted by Crippen LogP contribution is -2.55. The van der Waals surface area contributed by atoms with Crippen LogP contribution in [-0.4, -0.2) is 63.9 Å². The highest BCUT2D eigenvalue weighted by Gasteiger charge is 2.34. The van der Waals surface area contributed by atoms with Gasteiger partial charge >= 0.3 is 5.97 Å². The molecule has 2 aromatic carbocycles. The van der Waals surface area contributed by atoms with E-state index in [2.05, 4.69) is 15.6 Å². The number of carbonyl (C=O) groups is 4. The number of nitrogens with zero attached hydrogens (tertiary/aromatic N) is 1. The number of nitrogens with one attached hydrogen (secondary N) is 3. The Morgan fingerprint density at radius 1 is 0.911 bits per heavy atom. The van der Waals surface area contributed by atoms with Crippen LogP contribution >= 0.6 is 0 Å². The first-order chi connectivity index (χ1) is 21.3. The number of benzene rings is 2. The van der Waals surface area contributed by atoms with Gasteiger partial charge < -0.3 is 30.4 Å². The first-order valence-electron chi connectivity index (χ1n) is 15.4. The standard InChI is InChI=1S/C35H44N4O6/c1-20-15-21(2)24(5)45-32(41)18-30(25-11-13-27(40)14-12-25)38-34(43)31(17-26-19-36-29-10-8-7-9-28(26)29)39(6)35(44)23(4)37-33(42)22(3)16-20/h7-15,19,21-24,30-31,36,40H,16-18H2,1-6H3,(H,37,42)(H,38,43)/b20-15+/t21-,22-,23+,24+,30-,31-/m1/s1.